The van der Waals surface area contributed by atoms with Crippen LogP contribution in [0.5, 0.6) is 0 Å². The van der Waals surface area contributed by atoms with Crippen molar-refractivity contribution in [1.82, 2.24) is 19.7 Å². The highest BCUT2D eigenvalue weighted by Crippen LogP contribution is 2.13. The van der Waals surface area contributed by atoms with Gasteiger partial charge >= 0.3 is 0 Å². The summed E-state index contributed by atoms with van der Waals surface area (Å²) in [4.78, 5) is 26.7. The van der Waals surface area contributed by atoms with Gasteiger partial charge in [0.1, 0.15) is 5.56 Å². The summed E-state index contributed by atoms with van der Waals surface area (Å²) in [5, 5.41) is 7.12. The van der Waals surface area contributed by atoms with Gasteiger partial charge in [-0.1, -0.05) is 13.8 Å². The normalized spacial score (nSPS) is 11.1. The van der Waals surface area contributed by atoms with Crippen molar-refractivity contribution in [2.75, 3.05) is 13.6 Å². The second-order valence-corrected chi connectivity index (χ2v) is 6.58. The molecule has 0 aliphatic heterocycles. The van der Waals surface area contributed by atoms with E-state index in [1.807, 2.05) is 33.8 Å². The fourth-order valence-electron chi connectivity index (χ4n) is 2.92. The average Bonchev–Trinajstić information content (AvgIpc) is 2.85. The van der Waals surface area contributed by atoms with E-state index in [1.54, 1.807) is 29.6 Å². The van der Waals surface area contributed by atoms with Gasteiger partial charge < -0.3 is 9.47 Å². The molecular weight excluding hydrogens is 304 g/mol. The molecule has 0 aliphatic carbocycles. The molecule has 0 bridgehead atoms. The van der Waals surface area contributed by atoms with Crippen LogP contribution in [0, 0.1) is 13.8 Å². The maximum absolute atomic E-state index is 12.6. The van der Waals surface area contributed by atoms with Gasteiger partial charge in [-0.2, -0.15) is 5.10 Å². The first kappa shape index (κ1) is 18.0. The SMILES string of the molecule is Cc1n[nH]c(C)c1CCN(C)C(=O)c1ccc(C(C)C)n(C)c1=O. The number of nitrogens with zero attached hydrogens (tertiary/aromatic N) is 3. The molecule has 0 atom stereocenters. The maximum Gasteiger partial charge on any atom is 0.263 e. The van der Waals surface area contributed by atoms with Crippen LogP contribution >= 0.6 is 0 Å². The van der Waals surface area contributed by atoms with Gasteiger partial charge in [0.25, 0.3) is 11.5 Å². The van der Waals surface area contributed by atoms with Gasteiger partial charge in [0.15, 0.2) is 0 Å². The molecule has 6 nitrogen and oxygen atoms in total. The third-order valence-corrected chi connectivity index (χ3v) is 4.49. The number of carbonyl (C=O) groups excluding carboxylic acids is 1. The van der Waals surface area contributed by atoms with Crippen molar-refractivity contribution >= 4 is 5.91 Å². The lowest BCUT2D eigenvalue weighted by Gasteiger charge is -2.18. The molecule has 0 fully saturated rings. The first-order chi connectivity index (χ1) is 11.2. The summed E-state index contributed by atoms with van der Waals surface area (Å²) in [6, 6.07) is 3.50. The van der Waals surface area contributed by atoms with Gasteiger partial charge in [-0.05, 0) is 43.9 Å². The van der Waals surface area contributed by atoms with E-state index in [0.29, 0.717) is 13.0 Å². The lowest BCUT2D eigenvalue weighted by Crippen LogP contribution is -2.35. The molecule has 0 saturated heterocycles. The number of hydrogen-bond donors (Lipinski definition) is 1. The molecule has 24 heavy (non-hydrogen) atoms. The summed E-state index contributed by atoms with van der Waals surface area (Å²) in [6.45, 7) is 8.50. The lowest BCUT2D eigenvalue weighted by molar-refractivity contribution is 0.0794. The van der Waals surface area contributed by atoms with Gasteiger partial charge in [0.2, 0.25) is 0 Å². The predicted octanol–water partition coefficient (Wildman–Crippen LogP) is 2.16. The summed E-state index contributed by atoms with van der Waals surface area (Å²) in [6.07, 6.45) is 0.709. The van der Waals surface area contributed by atoms with E-state index in [-0.39, 0.29) is 22.9 Å². The van der Waals surface area contributed by atoms with Crippen molar-refractivity contribution < 1.29 is 4.79 Å². The van der Waals surface area contributed by atoms with Crippen LogP contribution in [-0.2, 0) is 13.5 Å². The molecule has 0 radical (unpaired) electrons. The maximum atomic E-state index is 12.6. The van der Waals surface area contributed by atoms with Crippen molar-refractivity contribution in [3.8, 4) is 0 Å². The van der Waals surface area contributed by atoms with E-state index in [0.717, 1.165) is 22.6 Å². The minimum atomic E-state index is -0.246. The second-order valence-electron chi connectivity index (χ2n) is 6.58. The fourth-order valence-corrected chi connectivity index (χ4v) is 2.92. The van der Waals surface area contributed by atoms with Crippen molar-refractivity contribution in [1.29, 1.82) is 0 Å². The first-order valence-corrected chi connectivity index (χ1v) is 8.19. The van der Waals surface area contributed by atoms with Crippen molar-refractivity contribution in [2.24, 2.45) is 7.05 Å². The van der Waals surface area contributed by atoms with Gasteiger partial charge in [-0.25, -0.2) is 0 Å². The van der Waals surface area contributed by atoms with Gasteiger partial charge in [0.05, 0.1) is 5.69 Å². The number of aryl methyl sites for hydroxylation is 2. The first-order valence-electron chi connectivity index (χ1n) is 8.19. The summed E-state index contributed by atoms with van der Waals surface area (Å²) in [5.74, 6) is -0.0127. The highest BCUT2D eigenvalue weighted by Gasteiger charge is 2.18. The number of nitrogens with one attached hydrogen (secondary N) is 1. The molecule has 0 aliphatic rings. The molecule has 2 aromatic rings. The van der Waals surface area contributed by atoms with E-state index in [4.69, 9.17) is 0 Å². The van der Waals surface area contributed by atoms with Crippen LogP contribution in [0.2, 0.25) is 0 Å². The third-order valence-electron chi connectivity index (χ3n) is 4.49. The average molecular weight is 330 g/mol. The third kappa shape index (κ3) is 3.42. The van der Waals surface area contributed by atoms with Gasteiger partial charge in [-0.3, -0.25) is 14.7 Å². The van der Waals surface area contributed by atoms with Gasteiger partial charge in [-0.15, -0.1) is 0 Å². The molecule has 1 N–H and O–H groups in total. The fraction of sp³-hybridized carbons (Fsp3) is 0.500. The Morgan fingerprint density at radius 1 is 1.33 bits per heavy atom. The van der Waals surface area contributed by atoms with Crippen LogP contribution in [0.15, 0.2) is 16.9 Å². The highest BCUT2D eigenvalue weighted by molar-refractivity contribution is 5.93. The minimum absolute atomic E-state index is 0.213. The number of aromatic nitrogens is 3. The summed E-state index contributed by atoms with van der Waals surface area (Å²) >= 11 is 0. The standard InChI is InChI=1S/C18H26N4O2/c1-11(2)16-8-7-15(18(24)22(16)6)17(23)21(5)10-9-14-12(3)19-20-13(14)4/h7-8,11H,9-10H2,1-6H3,(H,19,20). The van der Waals surface area contributed by atoms with E-state index in [1.165, 1.54) is 0 Å². The van der Waals surface area contributed by atoms with Crippen LogP contribution in [0.25, 0.3) is 0 Å². The van der Waals surface area contributed by atoms with Crippen LogP contribution < -0.4 is 5.56 Å². The Kier molecular flexibility index (Phi) is 5.26. The van der Waals surface area contributed by atoms with Crippen LogP contribution in [-0.4, -0.2) is 39.2 Å². The molecule has 0 unspecified atom stereocenters. The molecule has 2 aromatic heterocycles. The van der Waals surface area contributed by atoms with Gasteiger partial charge in [0, 0.05) is 32.0 Å². The molecule has 0 aromatic carbocycles. The Balaban J connectivity index is 2.17. The zero-order chi connectivity index (χ0) is 18.0. The second kappa shape index (κ2) is 7.03. The molecule has 0 saturated carbocycles. The van der Waals surface area contributed by atoms with Crippen LogP contribution in [0.1, 0.15) is 52.8 Å². The quantitative estimate of drug-likeness (QED) is 0.913. The number of carbonyl (C=O) groups is 1. The van der Waals surface area contributed by atoms with E-state index >= 15 is 0 Å². The van der Waals surface area contributed by atoms with E-state index in [9.17, 15) is 9.59 Å². The minimum Gasteiger partial charge on any atom is -0.341 e. The van der Waals surface area contributed by atoms with Crippen LogP contribution in [0.3, 0.4) is 0 Å². The number of pyridine rings is 1. The number of H-pyrrole nitrogens is 1. The lowest BCUT2D eigenvalue weighted by atomic mass is 10.1. The molecule has 0 spiro atoms. The zero-order valence-corrected chi connectivity index (χ0v) is 15.3. The molecular formula is C18H26N4O2. The Bertz CT molecular complexity index is 782. The topological polar surface area (TPSA) is 71.0 Å². The van der Waals surface area contributed by atoms with Crippen molar-refractivity contribution in [3.63, 3.8) is 0 Å². The number of aromatic amines is 1. The molecule has 6 heteroatoms. The zero-order valence-electron chi connectivity index (χ0n) is 15.3. The molecule has 130 valence electrons. The highest BCUT2D eigenvalue weighted by atomic mass is 16.2. The van der Waals surface area contributed by atoms with Crippen molar-refractivity contribution in [2.45, 2.75) is 40.0 Å². The van der Waals surface area contributed by atoms with E-state index in [2.05, 4.69) is 10.2 Å². The molecule has 2 heterocycles. The summed E-state index contributed by atoms with van der Waals surface area (Å²) < 4.78 is 1.57. The van der Waals surface area contributed by atoms with E-state index < -0.39 is 0 Å². The predicted molar refractivity (Wildman–Crippen MR) is 94.5 cm³/mol. The largest absolute Gasteiger partial charge is 0.341 e. The van der Waals surface area contributed by atoms with Crippen molar-refractivity contribution in [3.05, 3.63) is 50.7 Å². The Labute approximate surface area is 142 Å². The number of likely N-dealkylation sites (N-methyl/N-ethyl adjacent to an activating group) is 1. The Hall–Kier alpha value is -2.37. The number of amides is 1. The summed E-state index contributed by atoms with van der Waals surface area (Å²) in [7, 11) is 3.44. The number of rotatable bonds is 5. The Morgan fingerprint density at radius 2 is 2.00 bits per heavy atom. The monoisotopic (exact) mass is 330 g/mol. The molecule has 2 rings (SSSR count). The smallest absolute Gasteiger partial charge is 0.263 e. The Morgan fingerprint density at radius 3 is 2.54 bits per heavy atom. The summed E-state index contributed by atoms with van der Waals surface area (Å²) in [5.41, 5.74) is 3.98. The molecule has 1 amide bonds. The number of hydrogen-bond acceptors (Lipinski definition) is 3. The van der Waals surface area contributed by atoms with Crippen LogP contribution in [0.4, 0.5) is 0 Å².